The van der Waals surface area contributed by atoms with Crippen molar-refractivity contribution >= 4 is 55.4 Å². The van der Waals surface area contributed by atoms with E-state index in [-0.39, 0.29) is 5.75 Å². The van der Waals surface area contributed by atoms with E-state index in [2.05, 4.69) is 47.7 Å². The minimum absolute atomic E-state index is 0.148. The Balaban J connectivity index is 1.88. The number of thiocarbonyl (C=S) groups is 1. The van der Waals surface area contributed by atoms with Crippen molar-refractivity contribution in [3.8, 4) is 5.75 Å². The maximum atomic E-state index is 9.91. The highest BCUT2D eigenvalue weighted by molar-refractivity contribution is 9.11. The molecule has 7 heteroatoms. The molecule has 3 N–H and O–H groups in total. The summed E-state index contributed by atoms with van der Waals surface area (Å²) in [7, 11) is 0. The van der Waals surface area contributed by atoms with Crippen LogP contribution < -0.4 is 10.7 Å². The second-order valence-electron chi connectivity index (χ2n) is 5.00. The van der Waals surface area contributed by atoms with Gasteiger partial charge in [-0.25, -0.2) is 0 Å². The lowest BCUT2D eigenvalue weighted by molar-refractivity contribution is 0.412. The average Bonchev–Trinajstić information content (AvgIpc) is 2.45. The van der Waals surface area contributed by atoms with E-state index in [1.54, 1.807) is 18.3 Å². The van der Waals surface area contributed by atoms with Gasteiger partial charge in [-0.1, -0.05) is 35.2 Å². The molecule has 0 aliphatic heterocycles. The Labute approximate surface area is 146 Å². The smallest absolute Gasteiger partial charge is 0.187 e. The Hall–Kier alpha value is -0.660. The normalized spacial score (nSPS) is 16.1. The first-order chi connectivity index (χ1) is 10.1. The van der Waals surface area contributed by atoms with E-state index in [0.29, 0.717) is 21.2 Å². The van der Waals surface area contributed by atoms with Crippen LogP contribution in [0.15, 0.2) is 26.2 Å². The van der Waals surface area contributed by atoms with Crippen molar-refractivity contribution in [2.24, 2.45) is 5.10 Å². The predicted octanol–water partition coefficient (Wildman–Crippen LogP) is 4.05. The van der Waals surface area contributed by atoms with Gasteiger partial charge in [0.05, 0.1) is 10.7 Å². The lowest BCUT2D eigenvalue weighted by Gasteiger charge is -2.23. The molecule has 2 rings (SSSR count). The summed E-state index contributed by atoms with van der Waals surface area (Å²) in [5, 5.41) is 17.8. The highest BCUT2D eigenvalue weighted by atomic mass is 79.9. The summed E-state index contributed by atoms with van der Waals surface area (Å²) in [6.07, 6.45) is 7.68. The highest BCUT2D eigenvalue weighted by Crippen LogP contribution is 2.30. The van der Waals surface area contributed by atoms with Crippen LogP contribution in [0.25, 0.3) is 0 Å². The maximum Gasteiger partial charge on any atom is 0.187 e. The van der Waals surface area contributed by atoms with Gasteiger partial charge in [-0.15, -0.1) is 0 Å². The van der Waals surface area contributed by atoms with Gasteiger partial charge in [0.25, 0.3) is 0 Å². The van der Waals surface area contributed by atoms with Crippen LogP contribution in [0.4, 0.5) is 0 Å². The first kappa shape index (κ1) is 16.7. The summed E-state index contributed by atoms with van der Waals surface area (Å²) >= 11 is 11.9. The minimum atomic E-state index is 0.148. The molecule has 21 heavy (non-hydrogen) atoms. The Kier molecular flexibility index (Phi) is 6.44. The van der Waals surface area contributed by atoms with Crippen molar-refractivity contribution in [1.82, 2.24) is 10.7 Å². The number of hydrogen-bond acceptors (Lipinski definition) is 3. The molecule has 1 aliphatic rings. The summed E-state index contributed by atoms with van der Waals surface area (Å²) in [5.74, 6) is 0.148. The van der Waals surface area contributed by atoms with Gasteiger partial charge >= 0.3 is 0 Å². The summed E-state index contributed by atoms with van der Waals surface area (Å²) in [4.78, 5) is 0. The first-order valence-electron chi connectivity index (χ1n) is 6.84. The summed E-state index contributed by atoms with van der Waals surface area (Å²) in [6.45, 7) is 0. The zero-order chi connectivity index (χ0) is 15.2. The molecule has 114 valence electrons. The molecule has 1 fully saturated rings. The largest absolute Gasteiger partial charge is 0.506 e. The van der Waals surface area contributed by atoms with Crippen LogP contribution >= 0.6 is 44.1 Å². The molecule has 0 amide bonds. The molecule has 0 aromatic heterocycles. The van der Waals surface area contributed by atoms with Gasteiger partial charge in [-0.05, 0) is 53.1 Å². The Bertz CT molecular complexity index is 545. The molecule has 0 atom stereocenters. The number of halogens is 2. The van der Waals surface area contributed by atoms with E-state index < -0.39 is 0 Å². The number of phenolic OH excluding ortho intramolecular Hbond substituents is 1. The molecule has 1 aliphatic carbocycles. The molecular weight excluding hydrogens is 418 g/mol. The summed E-state index contributed by atoms with van der Waals surface area (Å²) < 4.78 is 1.47. The zero-order valence-electron chi connectivity index (χ0n) is 11.4. The van der Waals surface area contributed by atoms with Crippen molar-refractivity contribution in [2.75, 3.05) is 0 Å². The van der Waals surface area contributed by atoms with Crippen LogP contribution in [0.5, 0.6) is 5.75 Å². The van der Waals surface area contributed by atoms with Crippen LogP contribution in [0, 0.1) is 0 Å². The van der Waals surface area contributed by atoms with Crippen LogP contribution in [0.2, 0.25) is 0 Å². The number of rotatable bonds is 3. The number of hydrogen-bond donors (Lipinski definition) is 3. The first-order valence-corrected chi connectivity index (χ1v) is 8.83. The van der Waals surface area contributed by atoms with E-state index in [1.807, 2.05) is 0 Å². The number of nitrogens with zero attached hydrogens (tertiary/aromatic N) is 1. The van der Waals surface area contributed by atoms with Crippen molar-refractivity contribution in [3.05, 3.63) is 26.6 Å². The van der Waals surface area contributed by atoms with Gasteiger partial charge < -0.3 is 10.4 Å². The molecule has 1 saturated carbocycles. The number of hydrazone groups is 1. The third kappa shape index (κ3) is 5.23. The van der Waals surface area contributed by atoms with Crippen LogP contribution in [0.3, 0.4) is 0 Å². The quantitative estimate of drug-likeness (QED) is 0.381. The van der Waals surface area contributed by atoms with Crippen molar-refractivity contribution in [1.29, 1.82) is 0 Å². The molecule has 0 spiro atoms. The van der Waals surface area contributed by atoms with Gasteiger partial charge in [0, 0.05) is 16.1 Å². The minimum Gasteiger partial charge on any atom is -0.506 e. The molecule has 0 radical (unpaired) electrons. The molecule has 0 heterocycles. The monoisotopic (exact) mass is 433 g/mol. The summed E-state index contributed by atoms with van der Waals surface area (Å²) in [5.41, 5.74) is 3.39. The molecule has 4 nitrogen and oxygen atoms in total. The molecular formula is C14H17Br2N3OS. The van der Waals surface area contributed by atoms with E-state index in [4.69, 9.17) is 12.2 Å². The van der Waals surface area contributed by atoms with E-state index >= 15 is 0 Å². The van der Waals surface area contributed by atoms with Crippen molar-refractivity contribution in [3.63, 3.8) is 0 Å². The third-order valence-corrected chi connectivity index (χ3v) is 4.64. The molecule has 1 aromatic carbocycles. The van der Waals surface area contributed by atoms with Crippen molar-refractivity contribution in [2.45, 2.75) is 38.1 Å². The van der Waals surface area contributed by atoms with Crippen molar-refractivity contribution < 1.29 is 5.11 Å². The lowest BCUT2D eigenvalue weighted by Crippen LogP contribution is -2.40. The van der Waals surface area contributed by atoms with Gasteiger partial charge in [-0.2, -0.15) is 5.10 Å². The van der Waals surface area contributed by atoms with E-state index in [1.165, 1.54) is 19.3 Å². The molecule has 1 aromatic rings. The van der Waals surface area contributed by atoms with E-state index in [0.717, 1.165) is 17.3 Å². The Morgan fingerprint density at radius 2 is 2.00 bits per heavy atom. The number of phenols is 1. The van der Waals surface area contributed by atoms with Crippen LogP contribution in [-0.4, -0.2) is 22.5 Å². The maximum absolute atomic E-state index is 9.91. The Morgan fingerprint density at radius 3 is 2.71 bits per heavy atom. The predicted molar refractivity (Wildman–Crippen MR) is 96.8 cm³/mol. The van der Waals surface area contributed by atoms with Gasteiger partial charge in [0.15, 0.2) is 5.11 Å². The highest BCUT2D eigenvalue weighted by Gasteiger charge is 2.13. The number of benzene rings is 1. The van der Waals surface area contributed by atoms with Crippen LogP contribution in [-0.2, 0) is 0 Å². The molecule has 0 unspecified atom stereocenters. The van der Waals surface area contributed by atoms with Gasteiger partial charge in [0.2, 0.25) is 0 Å². The van der Waals surface area contributed by atoms with E-state index in [9.17, 15) is 5.11 Å². The van der Waals surface area contributed by atoms with Gasteiger partial charge in [-0.3, -0.25) is 5.43 Å². The fourth-order valence-corrected chi connectivity index (χ4v) is 3.79. The molecule has 0 bridgehead atoms. The lowest BCUT2D eigenvalue weighted by atomic mass is 9.96. The summed E-state index contributed by atoms with van der Waals surface area (Å²) in [6, 6.07) is 4.00. The topological polar surface area (TPSA) is 56.7 Å². The second kappa shape index (κ2) is 8.10. The molecule has 0 saturated heterocycles. The SMILES string of the molecule is Oc1c(Br)cc(Br)cc1/C=N\NC(=S)NC1CCCCC1. The zero-order valence-corrected chi connectivity index (χ0v) is 15.4. The standard InChI is InChI=1S/C14H17Br2N3OS/c15-10-6-9(13(20)12(16)7-10)8-17-19-14(21)18-11-4-2-1-3-5-11/h6-8,11,20H,1-5H2,(H2,18,19,21)/b17-8-. The Morgan fingerprint density at radius 1 is 1.29 bits per heavy atom. The number of nitrogens with one attached hydrogen (secondary N) is 2. The fourth-order valence-electron chi connectivity index (χ4n) is 2.31. The average molecular weight is 435 g/mol. The number of aromatic hydroxyl groups is 1. The second-order valence-corrected chi connectivity index (χ2v) is 7.18. The fraction of sp³-hybridized carbons (Fsp3) is 0.429. The van der Waals surface area contributed by atoms with Gasteiger partial charge in [0.1, 0.15) is 5.75 Å². The van der Waals surface area contributed by atoms with Crippen LogP contribution in [0.1, 0.15) is 37.7 Å². The third-order valence-electron chi connectivity index (χ3n) is 3.37.